The SMILES string of the molecule is COc1cc(C(=N)c2c(N)ncnc2NC2Cc3ccccc3C2)ccc1O. The number of methoxy groups -OCH3 is 1. The number of aromatic nitrogens is 2. The lowest BCUT2D eigenvalue weighted by Crippen LogP contribution is -2.23. The predicted molar refractivity (Wildman–Crippen MR) is 108 cm³/mol. The zero-order chi connectivity index (χ0) is 19.7. The van der Waals surface area contributed by atoms with E-state index in [0.717, 1.165) is 12.8 Å². The van der Waals surface area contributed by atoms with Gasteiger partial charge < -0.3 is 20.9 Å². The molecular weight excluding hydrogens is 354 g/mol. The first-order valence-electron chi connectivity index (χ1n) is 8.97. The molecule has 142 valence electrons. The van der Waals surface area contributed by atoms with Crippen molar-refractivity contribution in [2.24, 2.45) is 0 Å². The third-order valence-electron chi connectivity index (χ3n) is 4.99. The molecule has 0 saturated carbocycles. The number of phenolic OH excluding ortho intramolecular Hbond substituents is 1. The molecule has 3 aromatic rings. The molecule has 28 heavy (non-hydrogen) atoms. The molecule has 7 nitrogen and oxygen atoms in total. The summed E-state index contributed by atoms with van der Waals surface area (Å²) in [6.07, 6.45) is 3.17. The van der Waals surface area contributed by atoms with Crippen LogP contribution in [0.4, 0.5) is 11.6 Å². The van der Waals surface area contributed by atoms with Crippen LogP contribution in [0.25, 0.3) is 0 Å². The fourth-order valence-corrected chi connectivity index (χ4v) is 3.59. The first-order valence-corrected chi connectivity index (χ1v) is 8.97. The molecule has 0 fully saturated rings. The number of nitrogens with two attached hydrogens (primary N) is 1. The van der Waals surface area contributed by atoms with E-state index in [0.29, 0.717) is 22.7 Å². The van der Waals surface area contributed by atoms with Crippen LogP contribution < -0.4 is 15.8 Å². The van der Waals surface area contributed by atoms with Crippen LogP contribution in [0.1, 0.15) is 22.3 Å². The van der Waals surface area contributed by atoms with Gasteiger partial charge >= 0.3 is 0 Å². The lowest BCUT2D eigenvalue weighted by atomic mass is 10.0. The Morgan fingerprint density at radius 3 is 2.57 bits per heavy atom. The third kappa shape index (κ3) is 3.22. The van der Waals surface area contributed by atoms with E-state index in [1.54, 1.807) is 12.1 Å². The third-order valence-corrected chi connectivity index (χ3v) is 4.99. The molecular formula is C21H21N5O2. The maximum atomic E-state index is 9.81. The number of hydrogen-bond donors (Lipinski definition) is 4. The molecule has 1 aliphatic rings. The minimum atomic E-state index is 0.0124. The van der Waals surface area contributed by atoms with Crippen LogP contribution in [0, 0.1) is 5.41 Å². The lowest BCUT2D eigenvalue weighted by Gasteiger charge is -2.18. The Bertz CT molecular complexity index is 1030. The number of nitrogens with zero attached hydrogens (tertiary/aromatic N) is 2. The van der Waals surface area contributed by atoms with Crippen molar-refractivity contribution < 1.29 is 9.84 Å². The van der Waals surface area contributed by atoms with Gasteiger partial charge in [-0.2, -0.15) is 0 Å². The number of nitrogen functional groups attached to an aromatic ring is 1. The standard InChI is InChI=1S/C21H21N5O2/c1-28-17-10-14(6-7-16(17)27)19(22)18-20(23)24-11-25-21(18)26-15-8-12-4-2-3-5-13(12)9-15/h2-7,10-11,15,22,27H,8-9H2,1H3,(H3,23,24,25,26). The average Bonchev–Trinajstić information content (AvgIpc) is 3.10. The van der Waals surface area contributed by atoms with Gasteiger partial charge in [-0.15, -0.1) is 0 Å². The van der Waals surface area contributed by atoms with Crippen molar-refractivity contribution in [3.63, 3.8) is 0 Å². The summed E-state index contributed by atoms with van der Waals surface area (Å²) in [7, 11) is 1.47. The molecule has 7 heteroatoms. The first kappa shape index (κ1) is 17.8. The summed E-state index contributed by atoms with van der Waals surface area (Å²) < 4.78 is 5.15. The minimum absolute atomic E-state index is 0.0124. The molecule has 0 saturated heterocycles. The maximum Gasteiger partial charge on any atom is 0.161 e. The Kier molecular flexibility index (Phi) is 4.57. The van der Waals surface area contributed by atoms with Gasteiger partial charge in [0.15, 0.2) is 11.5 Å². The molecule has 0 radical (unpaired) electrons. The molecule has 0 atom stereocenters. The van der Waals surface area contributed by atoms with E-state index in [4.69, 9.17) is 15.9 Å². The average molecular weight is 375 g/mol. The lowest BCUT2D eigenvalue weighted by molar-refractivity contribution is 0.373. The molecule has 1 heterocycles. The molecule has 0 unspecified atom stereocenters. The number of phenols is 1. The van der Waals surface area contributed by atoms with Crippen LogP contribution in [-0.2, 0) is 12.8 Å². The molecule has 1 aliphatic carbocycles. The van der Waals surface area contributed by atoms with Crippen molar-refractivity contribution in [2.75, 3.05) is 18.2 Å². The number of anilines is 2. The molecule has 0 bridgehead atoms. The molecule has 2 aromatic carbocycles. The number of fused-ring (bicyclic) bond motifs is 1. The second-order valence-corrected chi connectivity index (χ2v) is 6.76. The number of aromatic hydroxyl groups is 1. The van der Waals surface area contributed by atoms with E-state index >= 15 is 0 Å². The summed E-state index contributed by atoms with van der Waals surface area (Å²) in [5.41, 5.74) is 9.90. The molecule has 4 rings (SSSR count). The van der Waals surface area contributed by atoms with Crippen molar-refractivity contribution in [1.29, 1.82) is 5.41 Å². The highest BCUT2D eigenvalue weighted by atomic mass is 16.5. The van der Waals surface area contributed by atoms with Gasteiger partial charge in [0.2, 0.25) is 0 Å². The number of benzene rings is 2. The van der Waals surface area contributed by atoms with Crippen LogP contribution in [0.15, 0.2) is 48.8 Å². The van der Waals surface area contributed by atoms with Crippen molar-refractivity contribution in [1.82, 2.24) is 9.97 Å². The van der Waals surface area contributed by atoms with Gasteiger partial charge in [-0.3, -0.25) is 5.41 Å². The Balaban J connectivity index is 1.64. The highest BCUT2D eigenvalue weighted by molar-refractivity contribution is 6.16. The Labute approximate surface area is 162 Å². The Morgan fingerprint density at radius 1 is 1.18 bits per heavy atom. The fourth-order valence-electron chi connectivity index (χ4n) is 3.59. The normalized spacial score (nSPS) is 13.2. The number of ether oxygens (including phenoxy) is 1. The van der Waals surface area contributed by atoms with Crippen molar-refractivity contribution in [2.45, 2.75) is 18.9 Å². The highest BCUT2D eigenvalue weighted by Crippen LogP contribution is 2.30. The van der Waals surface area contributed by atoms with Gasteiger partial charge in [-0.05, 0) is 42.2 Å². The van der Waals surface area contributed by atoms with E-state index in [1.807, 2.05) is 12.1 Å². The minimum Gasteiger partial charge on any atom is -0.504 e. The maximum absolute atomic E-state index is 9.81. The summed E-state index contributed by atoms with van der Waals surface area (Å²) in [5.74, 6) is 1.06. The van der Waals surface area contributed by atoms with Crippen molar-refractivity contribution in [3.05, 3.63) is 71.0 Å². The summed E-state index contributed by atoms with van der Waals surface area (Å²) in [6, 6.07) is 13.3. The van der Waals surface area contributed by atoms with E-state index in [-0.39, 0.29) is 23.3 Å². The zero-order valence-corrected chi connectivity index (χ0v) is 15.4. The first-order chi connectivity index (χ1) is 13.6. The zero-order valence-electron chi connectivity index (χ0n) is 15.4. The van der Waals surface area contributed by atoms with Gasteiger partial charge in [0.05, 0.1) is 18.4 Å². The molecule has 0 amide bonds. The monoisotopic (exact) mass is 375 g/mol. The van der Waals surface area contributed by atoms with Crippen LogP contribution in [0.2, 0.25) is 0 Å². The van der Waals surface area contributed by atoms with E-state index < -0.39 is 0 Å². The second kappa shape index (κ2) is 7.19. The quantitative estimate of drug-likeness (QED) is 0.510. The molecule has 5 N–H and O–H groups in total. The molecule has 0 spiro atoms. The van der Waals surface area contributed by atoms with E-state index in [2.05, 4.69) is 27.4 Å². The predicted octanol–water partition coefficient (Wildman–Crippen LogP) is 2.77. The summed E-state index contributed by atoms with van der Waals surface area (Å²) in [6.45, 7) is 0. The van der Waals surface area contributed by atoms with Crippen LogP contribution in [0.3, 0.4) is 0 Å². The van der Waals surface area contributed by atoms with Crippen molar-refractivity contribution >= 4 is 17.3 Å². The Hall–Kier alpha value is -3.61. The van der Waals surface area contributed by atoms with Crippen LogP contribution in [-0.4, -0.2) is 33.9 Å². The largest absolute Gasteiger partial charge is 0.504 e. The molecule has 1 aromatic heterocycles. The highest BCUT2D eigenvalue weighted by Gasteiger charge is 2.24. The summed E-state index contributed by atoms with van der Waals surface area (Å²) >= 11 is 0. The van der Waals surface area contributed by atoms with E-state index in [1.165, 1.54) is 30.6 Å². The van der Waals surface area contributed by atoms with Crippen LogP contribution >= 0.6 is 0 Å². The van der Waals surface area contributed by atoms with Crippen molar-refractivity contribution in [3.8, 4) is 11.5 Å². The topological polar surface area (TPSA) is 117 Å². The number of nitrogens with one attached hydrogen (secondary N) is 2. The summed E-state index contributed by atoms with van der Waals surface area (Å²) in [5, 5.41) is 21.9. The van der Waals surface area contributed by atoms with Crippen LogP contribution in [0.5, 0.6) is 11.5 Å². The smallest absolute Gasteiger partial charge is 0.161 e. The fraction of sp³-hybridized carbons (Fsp3) is 0.190. The van der Waals surface area contributed by atoms with Gasteiger partial charge in [0, 0.05) is 11.6 Å². The van der Waals surface area contributed by atoms with Gasteiger partial charge in [0.25, 0.3) is 0 Å². The molecule has 0 aliphatic heterocycles. The number of rotatable bonds is 5. The van der Waals surface area contributed by atoms with Gasteiger partial charge in [-0.1, -0.05) is 24.3 Å². The van der Waals surface area contributed by atoms with Gasteiger partial charge in [0.1, 0.15) is 18.0 Å². The summed E-state index contributed by atoms with van der Waals surface area (Å²) in [4.78, 5) is 8.41. The Morgan fingerprint density at radius 2 is 1.89 bits per heavy atom. The second-order valence-electron chi connectivity index (χ2n) is 6.76. The van der Waals surface area contributed by atoms with Gasteiger partial charge in [-0.25, -0.2) is 9.97 Å². The number of hydrogen-bond acceptors (Lipinski definition) is 7. The van der Waals surface area contributed by atoms with E-state index in [9.17, 15) is 5.11 Å².